The number of rotatable bonds is 8. The molecule has 2 aromatic rings. The predicted molar refractivity (Wildman–Crippen MR) is 125 cm³/mol. The zero-order valence-electron chi connectivity index (χ0n) is 18.4. The van der Waals surface area contributed by atoms with Gasteiger partial charge >= 0.3 is 0 Å². The third kappa shape index (κ3) is 5.01. The number of nitrogens with two attached hydrogens (primary N) is 1. The third-order valence-corrected chi connectivity index (χ3v) is 6.18. The minimum absolute atomic E-state index is 0.625. The van der Waals surface area contributed by atoms with Crippen LogP contribution in [-0.4, -0.2) is 34.5 Å². The number of hydrogen-bond acceptors (Lipinski definition) is 5. The SMILES string of the molecule is C=C1Cc2c(N)nc(CCCCC)nc2N(Cc2cccc(CN3CCCC3)c2)C1. The molecule has 2 aliphatic rings. The lowest BCUT2D eigenvalue weighted by molar-refractivity contribution is 0.331. The molecule has 0 aliphatic carbocycles. The van der Waals surface area contributed by atoms with Crippen molar-refractivity contribution in [2.24, 2.45) is 0 Å². The van der Waals surface area contributed by atoms with Crippen LogP contribution in [0.2, 0.25) is 0 Å². The first-order chi connectivity index (χ1) is 14.6. The summed E-state index contributed by atoms with van der Waals surface area (Å²) in [6.07, 6.45) is 7.83. The summed E-state index contributed by atoms with van der Waals surface area (Å²) in [4.78, 5) is 14.4. The highest BCUT2D eigenvalue weighted by atomic mass is 15.2. The van der Waals surface area contributed by atoms with Gasteiger partial charge in [-0.25, -0.2) is 9.97 Å². The normalized spacial score (nSPS) is 16.8. The summed E-state index contributed by atoms with van der Waals surface area (Å²) in [5, 5.41) is 0. The lowest BCUT2D eigenvalue weighted by Gasteiger charge is -2.32. The molecule has 0 unspecified atom stereocenters. The van der Waals surface area contributed by atoms with E-state index in [9.17, 15) is 0 Å². The maximum absolute atomic E-state index is 6.36. The van der Waals surface area contributed by atoms with E-state index in [0.717, 1.165) is 56.1 Å². The molecular weight excluding hydrogens is 370 g/mol. The number of aromatic nitrogens is 2. The molecule has 2 N–H and O–H groups in total. The van der Waals surface area contributed by atoms with Gasteiger partial charge in [0.15, 0.2) is 0 Å². The van der Waals surface area contributed by atoms with E-state index < -0.39 is 0 Å². The van der Waals surface area contributed by atoms with Crippen LogP contribution >= 0.6 is 0 Å². The number of likely N-dealkylation sites (tertiary alicyclic amines) is 1. The van der Waals surface area contributed by atoms with Gasteiger partial charge in [-0.05, 0) is 43.5 Å². The van der Waals surface area contributed by atoms with Gasteiger partial charge in [0.25, 0.3) is 0 Å². The van der Waals surface area contributed by atoms with Gasteiger partial charge in [0.2, 0.25) is 0 Å². The van der Waals surface area contributed by atoms with E-state index in [4.69, 9.17) is 10.7 Å². The standard InChI is InChI=1S/C25H35N5/c1-3-4-5-11-23-27-24(26)22-14-19(2)16-30(25(22)28-23)18-21-10-8-9-20(15-21)17-29-12-6-7-13-29/h8-10,15H,2-7,11-14,16-18H2,1H3,(H2,26,27,28). The molecule has 1 aromatic carbocycles. The van der Waals surface area contributed by atoms with Gasteiger partial charge < -0.3 is 10.6 Å². The van der Waals surface area contributed by atoms with E-state index in [2.05, 4.69) is 52.6 Å². The second-order valence-corrected chi connectivity index (χ2v) is 8.87. The number of aryl methyl sites for hydroxylation is 1. The molecule has 160 valence electrons. The molecule has 0 atom stereocenters. The summed E-state index contributed by atoms with van der Waals surface area (Å²) < 4.78 is 0. The summed E-state index contributed by atoms with van der Waals surface area (Å²) >= 11 is 0. The van der Waals surface area contributed by atoms with Crippen molar-refractivity contribution >= 4 is 11.6 Å². The Kier molecular flexibility index (Phi) is 6.68. The summed E-state index contributed by atoms with van der Waals surface area (Å²) in [5.41, 5.74) is 11.3. The number of hydrogen-bond donors (Lipinski definition) is 1. The molecule has 4 rings (SSSR count). The van der Waals surface area contributed by atoms with Gasteiger partial charge in [0.1, 0.15) is 17.5 Å². The minimum atomic E-state index is 0.625. The van der Waals surface area contributed by atoms with E-state index in [-0.39, 0.29) is 0 Å². The maximum atomic E-state index is 6.36. The Morgan fingerprint density at radius 3 is 2.60 bits per heavy atom. The quantitative estimate of drug-likeness (QED) is 0.517. The van der Waals surface area contributed by atoms with Crippen molar-refractivity contribution in [2.45, 2.75) is 65.0 Å². The summed E-state index contributed by atoms with van der Waals surface area (Å²) in [7, 11) is 0. The Morgan fingerprint density at radius 1 is 1.07 bits per heavy atom. The van der Waals surface area contributed by atoms with Crippen LogP contribution in [0.3, 0.4) is 0 Å². The van der Waals surface area contributed by atoms with Gasteiger partial charge in [-0.15, -0.1) is 0 Å². The Morgan fingerprint density at radius 2 is 1.83 bits per heavy atom. The zero-order chi connectivity index (χ0) is 20.9. The molecule has 1 fully saturated rings. The number of benzene rings is 1. The Balaban J connectivity index is 1.54. The van der Waals surface area contributed by atoms with Gasteiger partial charge in [-0.1, -0.05) is 56.2 Å². The highest BCUT2D eigenvalue weighted by Gasteiger charge is 2.24. The molecule has 30 heavy (non-hydrogen) atoms. The van der Waals surface area contributed by atoms with Crippen molar-refractivity contribution in [3.63, 3.8) is 0 Å². The molecule has 0 saturated carbocycles. The van der Waals surface area contributed by atoms with Crippen LogP contribution in [0.5, 0.6) is 0 Å². The number of fused-ring (bicyclic) bond motifs is 1. The molecule has 0 spiro atoms. The fourth-order valence-corrected chi connectivity index (χ4v) is 4.64. The molecule has 0 amide bonds. The lowest BCUT2D eigenvalue weighted by atomic mass is 10.0. The average Bonchev–Trinajstić information content (AvgIpc) is 3.22. The maximum Gasteiger partial charge on any atom is 0.138 e. The molecule has 3 heterocycles. The average molecular weight is 406 g/mol. The molecule has 0 radical (unpaired) electrons. The molecule has 2 aliphatic heterocycles. The number of anilines is 2. The van der Waals surface area contributed by atoms with E-state index in [0.29, 0.717) is 5.82 Å². The van der Waals surface area contributed by atoms with Crippen molar-refractivity contribution in [3.05, 3.63) is 58.9 Å². The van der Waals surface area contributed by atoms with Crippen LogP contribution in [0.25, 0.3) is 0 Å². The van der Waals surface area contributed by atoms with E-state index in [1.807, 2.05) is 0 Å². The van der Waals surface area contributed by atoms with Gasteiger partial charge in [-0.3, -0.25) is 4.90 Å². The fourth-order valence-electron chi connectivity index (χ4n) is 4.64. The summed E-state index contributed by atoms with van der Waals surface area (Å²) in [5.74, 6) is 2.51. The van der Waals surface area contributed by atoms with Crippen LogP contribution in [0, 0.1) is 0 Å². The monoisotopic (exact) mass is 405 g/mol. The Labute approximate surface area is 181 Å². The van der Waals surface area contributed by atoms with Crippen LogP contribution in [0.4, 0.5) is 11.6 Å². The second kappa shape index (κ2) is 9.61. The van der Waals surface area contributed by atoms with E-state index in [1.54, 1.807) is 0 Å². The number of unbranched alkanes of at least 4 members (excludes halogenated alkanes) is 2. The molecule has 1 aromatic heterocycles. The van der Waals surface area contributed by atoms with Gasteiger partial charge in [0, 0.05) is 38.0 Å². The van der Waals surface area contributed by atoms with Crippen molar-refractivity contribution < 1.29 is 0 Å². The van der Waals surface area contributed by atoms with Crippen molar-refractivity contribution in [2.75, 3.05) is 30.3 Å². The molecule has 5 heteroatoms. The van der Waals surface area contributed by atoms with Crippen LogP contribution in [0.1, 0.15) is 61.5 Å². The molecular formula is C25H35N5. The van der Waals surface area contributed by atoms with Crippen LogP contribution in [0.15, 0.2) is 36.4 Å². The minimum Gasteiger partial charge on any atom is -0.383 e. The zero-order valence-corrected chi connectivity index (χ0v) is 18.4. The van der Waals surface area contributed by atoms with Crippen molar-refractivity contribution in [1.29, 1.82) is 0 Å². The molecule has 5 nitrogen and oxygen atoms in total. The Bertz CT molecular complexity index is 885. The first-order valence-electron chi connectivity index (χ1n) is 11.5. The highest BCUT2D eigenvalue weighted by Crippen LogP contribution is 2.32. The second-order valence-electron chi connectivity index (χ2n) is 8.87. The fraction of sp³-hybridized carbons (Fsp3) is 0.520. The first kappa shape index (κ1) is 20.9. The predicted octanol–water partition coefficient (Wildman–Crippen LogP) is 4.51. The number of nitrogens with zero attached hydrogens (tertiary/aromatic N) is 4. The third-order valence-electron chi connectivity index (χ3n) is 6.18. The Hall–Kier alpha value is -2.40. The van der Waals surface area contributed by atoms with E-state index >= 15 is 0 Å². The van der Waals surface area contributed by atoms with Gasteiger partial charge in [0.05, 0.1) is 0 Å². The lowest BCUT2D eigenvalue weighted by Crippen LogP contribution is -2.32. The topological polar surface area (TPSA) is 58.3 Å². The first-order valence-corrected chi connectivity index (χ1v) is 11.5. The summed E-state index contributed by atoms with van der Waals surface area (Å²) in [6.45, 7) is 11.6. The van der Waals surface area contributed by atoms with Crippen molar-refractivity contribution in [1.82, 2.24) is 14.9 Å². The molecule has 0 bridgehead atoms. The largest absolute Gasteiger partial charge is 0.383 e. The smallest absolute Gasteiger partial charge is 0.138 e. The van der Waals surface area contributed by atoms with Crippen LogP contribution in [-0.2, 0) is 25.9 Å². The van der Waals surface area contributed by atoms with E-state index in [1.165, 1.54) is 55.5 Å². The highest BCUT2D eigenvalue weighted by molar-refractivity contribution is 5.62. The van der Waals surface area contributed by atoms with Crippen molar-refractivity contribution in [3.8, 4) is 0 Å². The van der Waals surface area contributed by atoms with Gasteiger partial charge in [-0.2, -0.15) is 0 Å². The summed E-state index contributed by atoms with van der Waals surface area (Å²) in [6, 6.07) is 9.00. The van der Waals surface area contributed by atoms with Crippen LogP contribution < -0.4 is 10.6 Å². The molecule has 1 saturated heterocycles. The number of nitrogen functional groups attached to an aromatic ring is 1.